The third-order valence-corrected chi connectivity index (χ3v) is 4.66. The average Bonchev–Trinajstić information content (AvgIpc) is 3.32. The molecular formula is C19H11ClF4N4O3. The van der Waals surface area contributed by atoms with Crippen LogP contribution in [0.15, 0.2) is 41.2 Å². The van der Waals surface area contributed by atoms with E-state index in [1.807, 2.05) is 0 Å². The van der Waals surface area contributed by atoms with Crippen LogP contribution >= 0.6 is 11.6 Å². The first kappa shape index (κ1) is 20.8. The highest BCUT2D eigenvalue weighted by Crippen LogP contribution is 2.33. The summed E-state index contributed by atoms with van der Waals surface area (Å²) in [4.78, 5) is 18.8. The van der Waals surface area contributed by atoms with Crippen LogP contribution < -0.4 is 0 Å². The van der Waals surface area contributed by atoms with Gasteiger partial charge in [-0.1, -0.05) is 22.8 Å². The molecule has 0 aliphatic heterocycles. The van der Waals surface area contributed by atoms with E-state index in [-0.39, 0.29) is 46.5 Å². The number of fused-ring (bicyclic) bond motifs is 1. The van der Waals surface area contributed by atoms with Crippen LogP contribution in [-0.4, -0.2) is 30.6 Å². The molecule has 0 amide bonds. The van der Waals surface area contributed by atoms with E-state index in [1.165, 1.54) is 18.3 Å². The van der Waals surface area contributed by atoms with Gasteiger partial charge < -0.3 is 14.0 Å². The van der Waals surface area contributed by atoms with E-state index >= 15 is 0 Å². The van der Waals surface area contributed by atoms with Gasteiger partial charge in [-0.2, -0.15) is 18.2 Å². The van der Waals surface area contributed by atoms with Crippen molar-refractivity contribution in [2.75, 3.05) is 0 Å². The number of carbonyl (C=O) groups is 1. The van der Waals surface area contributed by atoms with Crippen molar-refractivity contribution in [1.82, 2.24) is 19.5 Å². The van der Waals surface area contributed by atoms with Crippen molar-refractivity contribution >= 4 is 23.2 Å². The van der Waals surface area contributed by atoms with E-state index in [0.29, 0.717) is 5.56 Å². The van der Waals surface area contributed by atoms with Crippen LogP contribution in [-0.2, 0) is 17.4 Å². The largest absolute Gasteiger partial charge is 0.481 e. The summed E-state index contributed by atoms with van der Waals surface area (Å²) in [5.41, 5.74) is -0.347. The summed E-state index contributed by atoms with van der Waals surface area (Å²) < 4.78 is 59.5. The van der Waals surface area contributed by atoms with Crippen LogP contribution in [0.3, 0.4) is 0 Å². The Labute approximate surface area is 175 Å². The highest BCUT2D eigenvalue weighted by molar-refractivity contribution is 6.33. The van der Waals surface area contributed by atoms with Crippen molar-refractivity contribution in [3.63, 3.8) is 0 Å². The van der Waals surface area contributed by atoms with Crippen LogP contribution in [0.1, 0.15) is 17.5 Å². The molecule has 0 saturated heterocycles. The molecule has 0 saturated carbocycles. The zero-order valence-electron chi connectivity index (χ0n) is 15.3. The molecule has 7 nitrogen and oxygen atoms in total. The van der Waals surface area contributed by atoms with Gasteiger partial charge in [0.25, 0.3) is 5.89 Å². The molecule has 4 aromatic rings. The smallest absolute Gasteiger partial charge is 0.417 e. The zero-order valence-corrected chi connectivity index (χ0v) is 16.1. The van der Waals surface area contributed by atoms with Crippen molar-refractivity contribution in [1.29, 1.82) is 0 Å². The van der Waals surface area contributed by atoms with Crippen molar-refractivity contribution in [2.45, 2.75) is 19.0 Å². The number of halogens is 5. The molecule has 0 bridgehead atoms. The lowest BCUT2D eigenvalue weighted by molar-refractivity contribution is -0.138. The molecule has 1 aromatic carbocycles. The fourth-order valence-electron chi connectivity index (χ4n) is 2.90. The van der Waals surface area contributed by atoms with Gasteiger partial charge in [-0.25, -0.2) is 9.37 Å². The number of nitrogens with zero attached hydrogens (tertiary/aromatic N) is 4. The molecule has 0 fully saturated rings. The monoisotopic (exact) mass is 454 g/mol. The van der Waals surface area contributed by atoms with E-state index in [4.69, 9.17) is 21.2 Å². The average molecular weight is 455 g/mol. The Morgan fingerprint density at radius 2 is 1.97 bits per heavy atom. The summed E-state index contributed by atoms with van der Waals surface area (Å²) in [5, 5.41) is 12.2. The second kappa shape index (κ2) is 7.65. The molecule has 12 heteroatoms. The minimum atomic E-state index is -4.59. The number of rotatable bonds is 5. The molecule has 31 heavy (non-hydrogen) atoms. The van der Waals surface area contributed by atoms with Gasteiger partial charge in [-0.05, 0) is 30.2 Å². The number of imidazole rings is 1. The molecule has 0 unspecified atom stereocenters. The normalized spacial score (nSPS) is 11.9. The summed E-state index contributed by atoms with van der Waals surface area (Å²) in [7, 11) is 0. The van der Waals surface area contributed by atoms with Crippen molar-refractivity contribution in [3.05, 3.63) is 58.6 Å². The summed E-state index contributed by atoms with van der Waals surface area (Å²) in [6.07, 6.45) is -2.51. The van der Waals surface area contributed by atoms with Gasteiger partial charge in [0.2, 0.25) is 5.82 Å². The topological polar surface area (TPSA) is 93.5 Å². The summed E-state index contributed by atoms with van der Waals surface area (Å²) in [6, 6.07) is 4.86. The number of aliphatic carboxylic acids is 1. The Bertz CT molecular complexity index is 1300. The molecule has 160 valence electrons. The van der Waals surface area contributed by atoms with Gasteiger partial charge in [0.1, 0.15) is 11.5 Å². The Balaban J connectivity index is 1.65. The van der Waals surface area contributed by atoms with Gasteiger partial charge in [0, 0.05) is 18.8 Å². The quantitative estimate of drug-likeness (QED) is 0.432. The molecule has 0 spiro atoms. The Morgan fingerprint density at radius 1 is 1.19 bits per heavy atom. The third kappa shape index (κ3) is 4.22. The van der Waals surface area contributed by atoms with Crippen LogP contribution in [0.2, 0.25) is 5.02 Å². The SMILES string of the molecule is O=C(O)CCc1ccc(-c2noc(-c3cn4cc(C(F)(F)F)cc(Cl)c4n3)n2)c(F)c1. The summed E-state index contributed by atoms with van der Waals surface area (Å²) in [6.45, 7) is 0. The zero-order chi connectivity index (χ0) is 22.3. The fourth-order valence-corrected chi connectivity index (χ4v) is 3.16. The first-order valence-electron chi connectivity index (χ1n) is 8.72. The minimum Gasteiger partial charge on any atom is -0.481 e. The Kier molecular flexibility index (Phi) is 5.13. The lowest BCUT2D eigenvalue weighted by atomic mass is 10.1. The Hall–Kier alpha value is -3.47. The van der Waals surface area contributed by atoms with Crippen LogP contribution in [0, 0.1) is 5.82 Å². The number of aromatic nitrogens is 4. The lowest BCUT2D eigenvalue weighted by Crippen LogP contribution is -2.06. The number of hydrogen-bond acceptors (Lipinski definition) is 5. The van der Waals surface area contributed by atoms with E-state index < -0.39 is 23.5 Å². The van der Waals surface area contributed by atoms with Crippen LogP contribution in [0.5, 0.6) is 0 Å². The standard InChI is InChI=1S/C19H11ClF4N4O3/c20-12-6-10(19(22,23)24)7-28-8-14(25-17(12)28)18-26-16(27-31-18)11-3-1-9(5-13(11)21)2-4-15(29)30/h1,3,5-8H,2,4H2,(H,29,30). The molecule has 3 aromatic heterocycles. The molecule has 0 aliphatic carbocycles. The maximum absolute atomic E-state index is 14.4. The van der Waals surface area contributed by atoms with E-state index in [0.717, 1.165) is 16.7 Å². The van der Waals surface area contributed by atoms with Gasteiger partial charge >= 0.3 is 12.1 Å². The van der Waals surface area contributed by atoms with E-state index in [1.54, 1.807) is 6.07 Å². The van der Waals surface area contributed by atoms with Crippen LogP contribution in [0.4, 0.5) is 17.6 Å². The Morgan fingerprint density at radius 3 is 2.65 bits per heavy atom. The number of alkyl halides is 3. The fraction of sp³-hybridized carbons (Fsp3) is 0.158. The predicted molar refractivity (Wildman–Crippen MR) is 99.8 cm³/mol. The van der Waals surface area contributed by atoms with Crippen molar-refractivity contribution in [2.24, 2.45) is 0 Å². The molecule has 4 rings (SSSR count). The maximum Gasteiger partial charge on any atom is 0.417 e. The molecule has 0 atom stereocenters. The summed E-state index contributed by atoms with van der Waals surface area (Å²) in [5.74, 6) is -1.92. The highest BCUT2D eigenvalue weighted by atomic mass is 35.5. The van der Waals surface area contributed by atoms with Gasteiger partial charge in [-0.3, -0.25) is 4.79 Å². The molecule has 0 aliphatic rings. The first-order chi connectivity index (χ1) is 14.6. The van der Waals surface area contributed by atoms with Crippen molar-refractivity contribution < 1.29 is 32.0 Å². The number of benzene rings is 1. The molecule has 3 heterocycles. The molecule has 1 N–H and O–H groups in total. The van der Waals surface area contributed by atoms with Gasteiger partial charge in [0.05, 0.1) is 16.1 Å². The second-order valence-corrected chi connectivity index (χ2v) is 6.97. The van der Waals surface area contributed by atoms with E-state index in [2.05, 4.69) is 15.1 Å². The van der Waals surface area contributed by atoms with Crippen molar-refractivity contribution in [3.8, 4) is 23.0 Å². The molecule has 0 radical (unpaired) electrons. The minimum absolute atomic E-state index is 0.00947. The number of carboxylic acids is 1. The van der Waals surface area contributed by atoms with Crippen LogP contribution in [0.25, 0.3) is 28.6 Å². The lowest BCUT2D eigenvalue weighted by Gasteiger charge is -2.07. The number of aryl methyl sites for hydroxylation is 1. The summed E-state index contributed by atoms with van der Waals surface area (Å²) >= 11 is 5.91. The van der Waals surface area contributed by atoms with Gasteiger partial charge in [0.15, 0.2) is 5.65 Å². The number of hydrogen-bond donors (Lipinski definition) is 1. The highest BCUT2D eigenvalue weighted by Gasteiger charge is 2.32. The van der Waals surface area contributed by atoms with Gasteiger partial charge in [-0.15, -0.1) is 0 Å². The second-order valence-electron chi connectivity index (χ2n) is 6.56. The first-order valence-corrected chi connectivity index (χ1v) is 9.10. The number of carboxylic acid groups (broad SMARTS) is 1. The number of pyridine rings is 1. The molecular weight excluding hydrogens is 444 g/mol. The predicted octanol–water partition coefficient (Wildman–Crippen LogP) is 4.88. The third-order valence-electron chi connectivity index (χ3n) is 4.38. The maximum atomic E-state index is 14.4. The van der Waals surface area contributed by atoms with E-state index in [9.17, 15) is 22.4 Å².